The normalized spacial score (nSPS) is 9.74. The molecule has 2 amide bonds. The number of hydrogen-bond acceptors (Lipinski definition) is 4. The van der Waals surface area contributed by atoms with E-state index in [4.69, 9.17) is 0 Å². The molecule has 2 aromatic heterocycles. The largest absolute Gasteiger partial charge is 0.288 e. The average Bonchev–Trinajstić information content (AvgIpc) is 2.45. The Labute approximate surface area is 109 Å². The fraction of sp³-hybridized carbons (Fsp3) is 0.0769. The van der Waals surface area contributed by atoms with E-state index < -0.39 is 11.8 Å². The zero-order valence-electron chi connectivity index (χ0n) is 10.3. The number of pyridine rings is 2. The maximum atomic E-state index is 11.7. The van der Waals surface area contributed by atoms with Crippen LogP contribution in [0.1, 0.15) is 26.5 Å². The summed E-state index contributed by atoms with van der Waals surface area (Å²) in [6.07, 6.45) is 2.97. The molecule has 0 fully saturated rings. The van der Waals surface area contributed by atoms with Gasteiger partial charge in [0.05, 0.1) is 5.56 Å². The Morgan fingerprint density at radius 2 is 1.84 bits per heavy atom. The van der Waals surface area contributed by atoms with Gasteiger partial charge in [0.1, 0.15) is 5.69 Å². The fourth-order valence-corrected chi connectivity index (χ4v) is 1.42. The molecule has 0 aromatic carbocycles. The highest BCUT2D eigenvalue weighted by atomic mass is 16.2. The summed E-state index contributed by atoms with van der Waals surface area (Å²) in [5.41, 5.74) is 5.93. The molecule has 2 rings (SSSR count). The number of aromatic nitrogens is 2. The molecule has 19 heavy (non-hydrogen) atoms. The van der Waals surface area contributed by atoms with E-state index in [2.05, 4.69) is 20.8 Å². The van der Waals surface area contributed by atoms with E-state index in [1.807, 2.05) is 0 Å². The lowest BCUT2D eigenvalue weighted by Crippen LogP contribution is -2.42. The smallest absolute Gasteiger partial charge is 0.267 e. The molecule has 0 atom stereocenters. The quantitative estimate of drug-likeness (QED) is 0.780. The molecular formula is C13H12N4O2. The lowest BCUT2D eigenvalue weighted by atomic mass is 10.3. The van der Waals surface area contributed by atoms with Crippen molar-refractivity contribution in [1.29, 1.82) is 0 Å². The molecule has 2 N–H and O–H groups in total. The summed E-state index contributed by atoms with van der Waals surface area (Å²) in [5, 5.41) is 0. The predicted molar refractivity (Wildman–Crippen MR) is 68.1 cm³/mol. The number of carbonyl (C=O) groups excluding carboxylic acids is 2. The number of nitrogens with one attached hydrogen (secondary N) is 2. The van der Waals surface area contributed by atoms with E-state index >= 15 is 0 Å². The first-order valence-corrected chi connectivity index (χ1v) is 5.61. The number of amides is 2. The van der Waals surface area contributed by atoms with Crippen molar-refractivity contribution < 1.29 is 9.59 Å². The molecule has 0 unspecified atom stereocenters. The van der Waals surface area contributed by atoms with Gasteiger partial charge in [0.15, 0.2) is 0 Å². The number of nitrogens with zero attached hydrogens (tertiary/aromatic N) is 2. The van der Waals surface area contributed by atoms with Crippen LogP contribution in [0.25, 0.3) is 0 Å². The first-order chi connectivity index (χ1) is 9.16. The highest BCUT2D eigenvalue weighted by molar-refractivity contribution is 5.98. The van der Waals surface area contributed by atoms with Crippen molar-refractivity contribution >= 4 is 11.8 Å². The monoisotopic (exact) mass is 256 g/mol. The summed E-state index contributed by atoms with van der Waals surface area (Å²) in [7, 11) is 0. The van der Waals surface area contributed by atoms with Crippen molar-refractivity contribution in [2.24, 2.45) is 0 Å². The number of hydrogen-bond donors (Lipinski definition) is 2. The minimum absolute atomic E-state index is 0.242. The van der Waals surface area contributed by atoms with Crippen molar-refractivity contribution in [2.45, 2.75) is 6.92 Å². The van der Waals surface area contributed by atoms with Gasteiger partial charge in [-0.05, 0) is 31.2 Å². The van der Waals surface area contributed by atoms with E-state index in [0.717, 1.165) is 5.69 Å². The van der Waals surface area contributed by atoms with E-state index in [-0.39, 0.29) is 5.69 Å². The van der Waals surface area contributed by atoms with Crippen LogP contribution in [0.5, 0.6) is 0 Å². The molecule has 0 bridgehead atoms. The topological polar surface area (TPSA) is 84.0 Å². The zero-order valence-corrected chi connectivity index (χ0v) is 10.3. The summed E-state index contributed by atoms with van der Waals surface area (Å²) in [5.74, 6) is -0.907. The van der Waals surface area contributed by atoms with Gasteiger partial charge in [-0.15, -0.1) is 0 Å². The third kappa shape index (κ3) is 3.35. The molecular weight excluding hydrogens is 244 g/mol. The van der Waals surface area contributed by atoms with Crippen molar-refractivity contribution in [1.82, 2.24) is 20.8 Å². The first-order valence-electron chi connectivity index (χ1n) is 5.61. The number of aryl methyl sites for hydroxylation is 1. The van der Waals surface area contributed by atoms with Crippen LogP contribution in [0.4, 0.5) is 0 Å². The molecule has 6 nitrogen and oxygen atoms in total. The second-order valence-electron chi connectivity index (χ2n) is 3.81. The van der Waals surface area contributed by atoms with Gasteiger partial charge < -0.3 is 0 Å². The zero-order chi connectivity index (χ0) is 13.7. The second-order valence-corrected chi connectivity index (χ2v) is 3.81. The molecule has 0 saturated heterocycles. The van der Waals surface area contributed by atoms with Crippen molar-refractivity contribution in [2.75, 3.05) is 0 Å². The Balaban J connectivity index is 1.96. The summed E-state index contributed by atoms with van der Waals surface area (Å²) in [4.78, 5) is 31.3. The Morgan fingerprint density at radius 3 is 2.53 bits per heavy atom. The van der Waals surface area contributed by atoms with Crippen LogP contribution in [0.15, 0.2) is 42.7 Å². The minimum atomic E-state index is -0.471. The van der Waals surface area contributed by atoms with Gasteiger partial charge in [-0.1, -0.05) is 6.07 Å². The van der Waals surface area contributed by atoms with E-state index in [1.54, 1.807) is 43.5 Å². The number of rotatable bonds is 2. The molecule has 2 aromatic rings. The van der Waals surface area contributed by atoms with Crippen LogP contribution in [-0.2, 0) is 0 Å². The van der Waals surface area contributed by atoms with Gasteiger partial charge in [0.25, 0.3) is 11.8 Å². The highest BCUT2D eigenvalue weighted by Gasteiger charge is 2.09. The Bertz CT molecular complexity index is 599. The summed E-state index contributed by atoms with van der Waals surface area (Å²) < 4.78 is 0. The Kier molecular flexibility index (Phi) is 3.82. The Morgan fingerprint density at radius 1 is 1.05 bits per heavy atom. The highest BCUT2D eigenvalue weighted by Crippen LogP contribution is 1.98. The maximum absolute atomic E-state index is 11.7. The SMILES string of the molecule is Cc1cccc(C(=O)NNC(=O)c2cccnc2)n1. The van der Waals surface area contributed by atoms with Gasteiger partial charge in [0, 0.05) is 18.1 Å². The predicted octanol–water partition coefficient (Wildman–Crippen LogP) is 0.860. The summed E-state index contributed by atoms with van der Waals surface area (Å²) in [6.45, 7) is 1.78. The second kappa shape index (κ2) is 5.72. The third-order valence-electron chi connectivity index (χ3n) is 2.33. The standard InChI is InChI=1S/C13H12N4O2/c1-9-4-2-6-11(15-9)13(19)17-16-12(18)10-5-3-7-14-8-10/h2-8H,1H3,(H,16,18)(H,17,19). The van der Waals surface area contributed by atoms with Gasteiger partial charge in [0.2, 0.25) is 0 Å². The first kappa shape index (κ1) is 12.7. The van der Waals surface area contributed by atoms with Crippen LogP contribution in [0, 0.1) is 6.92 Å². The molecule has 0 spiro atoms. The fourth-order valence-electron chi connectivity index (χ4n) is 1.42. The third-order valence-corrected chi connectivity index (χ3v) is 2.33. The van der Waals surface area contributed by atoms with Crippen molar-refractivity contribution in [3.63, 3.8) is 0 Å². The van der Waals surface area contributed by atoms with Crippen LogP contribution >= 0.6 is 0 Å². The van der Waals surface area contributed by atoms with E-state index in [1.165, 1.54) is 6.20 Å². The van der Waals surface area contributed by atoms with Gasteiger partial charge in [-0.3, -0.25) is 25.4 Å². The molecule has 96 valence electrons. The summed E-state index contributed by atoms with van der Waals surface area (Å²) >= 11 is 0. The maximum Gasteiger partial charge on any atom is 0.288 e. The molecule has 2 heterocycles. The molecule has 0 radical (unpaired) electrons. The molecule has 0 saturated carbocycles. The number of carbonyl (C=O) groups is 2. The van der Waals surface area contributed by atoms with Gasteiger partial charge in [-0.2, -0.15) is 0 Å². The number of hydrazine groups is 1. The summed E-state index contributed by atoms with van der Waals surface area (Å²) in [6, 6.07) is 8.31. The van der Waals surface area contributed by atoms with Crippen LogP contribution in [0.3, 0.4) is 0 Å². The molecule has 6 heteroatoms. The van der Waals surface area contributed by atoms with Crippen molar-refractivity contribution in [3.05, 3.63) is 59.7 Å². The molecule has 0 aliphatic heterocycles. The lowest BCUT2D eigenvalue weighted by Gasteiger charge is -2.06. The Hall–Kier alpha value is -2.76. The van der Waals surface area contributed by atoms with Crippen LogP contribution in [0.2, 0.25) is 0 Å². The molecule has 0 aliphatic rings. The average molecular weight is 256 g/mol. The minimum Gasteiger partial charge on any atom is -0.267 e. The molecule has 0 aliphatic carbocycles. The van der Waals surface area contributed by atoms with Gasteiger partial charge in [-0.25, -0.2) is 4.98 Å². The van der Waals surface area contributed by atoms with E-state index in [0.29, 0.717) is 5.56 Å². The van der Waals surface area contributed by atoms with Crippen LogP contribution in [-0.4, -0.2) is 21.8 Å². The van der Waals surface area contributed by atoms with E-state index in [9.17, 15) is 9.59 Å². The lowest BCUT2D eigenvalue weighted by molar-refractivity contribution is 0.0843. The van der Waals surface area contributed by atoms with Crippen molar-refractivity contribution in [3.8, 4) is 0 Å². The van der Waals surface area contributed by atoms with Crippen LogP contribution < -0.4 is 10.9 Å². The van der Waals surface area contributed by atoms with Gasteiger partial charge >= 0.3 is 0 Å².